The van der Waals surface area contributed by atoms with Crippen molar-refractivity contribution in [1.29, 1.82) is 0 Å². The van der Waals surface area contributed by atoms with Crippen molar-refractivity contribution in [2.24, 2.45) is 5.73 Å². The first-order chi connectivity index (χ1) is 8.18. The van der Waals surface area contributed by atoms with Gasteiger partial charge in [0.15, 0.2) is 0 Å². The molecule has 0 aromatic rings. The van der Waals surface area contributed by atoms with Crippen molar-refractivity contribution in [3.05, 3.63) is 0 Å². The Morgan fingerprint density at radius 1 is 0.765 bits per heavy atom. The fraction of sp³-hybridized carbons (Fsp3) is 1.00. The Balaban J connectivity index is 3.37. The molecule has 0 bridgehead atoms. The van der Waals surface area contributed by atoms with Crippen LogP contribution >= 0.6 is 0 Å². The number of rotatable bonds is 12. The number of hydrogen-bond donors (Lipinski definition) is 2. The van der Waals surface area contributed by atoms with Gasteiger partial charge in [-0.05, 0) is 12.8 Å². The van der Waals surface area contributed by atoms with E-state index in [0.29, 0.717) is 6.54 Å². The molecular weight excluding hydrogens is 210 g/mol. The molecule has 0 aromatic carbocycles. The molecule has 2 nitrogen and oxygen atoms in total. The monoisotopic (exact) mass is 243 g/mol. The van der Waals surface area contributed by atoms with E-state index >= 15 is 0 Å². The van der Waals surface area contributed by atoms with E-state index < -0.39 is 5.60 Å². The second-order valence-electron chi connectivity index (χ2n) is 5.40. The van der Waals surface area contributed by atoms with Gasteiger partial charge >= 0.3 is 0 Å². The molecule has 1 atom stereocenters. The Kier molecular flexibility index (Phi) is 11.0. The largest absolute Gasteiger partial charge is 0.389 e. The highest BCUT2D eigenvalue weighted by molar-refractivity contribution is 4.78. The van der Waals surface area contributed by atoms with Crippen molar-refractivity contribution < 1.29 is 5.11 Å². The van der Waals surface area contributed by atoms with E-state index in [1.807, 2.05) is 0 Å². The van der Waals surface area contributed by atoms with E-state index in [-0.39, 0.29) is 0 Å². The number of hydrogen-bond acceptors (Lipinski definition) is 2. The quantitative estimate of drug-likeness (QED) is 0.509. The van der Waals surface area contributed by atoms with Gasteiger partial charge < -0.3 is 10.8 Å². The first-order valence-corrected chi connectivity index (χ1v) is 7.61. The average Bonchev–Trinajstić information content (AvgIpc) is 2.33. The van der Waals surface area contributed by atoms with Crippen LogP contribution in [0.3, 0.4) is 0 Å². The van der Waals surface area contributed by atoms with E-state index in [9.17, 15) is 5.11 Å². The van der Waals surface area contributed by atoms with Gasteiger partial charge in [-0.25, -0.2) is 0 Å². The molecule has 0 aliphatic carbocycles. The summed E-state index contributed by atoms with van der Waals surface area (Å²) in [6.45, 7) is 4.77. The Labute approximate surface area is 108 Å². The van der Waals surface area contributed by atoms with Gasteiger partial charge in [-0.1, -0.05) is 71.6 Å². The van der Waals surface area contributed by atoms with E-state index in [0.717, 1.165) is 25.7 Å². The molecule has 0 saturated heterocycles. The molecule has 3 N–H and O–H groups in total. The van der Waals surface area contributed by atoms with Crippen LogP contribution in [0.2, 0.25) is 0 Å². The maximum atomic E-state index is 10.2. The lowest BCUT2D eigenvalue weighted by Crippen LogP contribution is -2.37. The van der Waals surface area contributed by atoms with Crippen LogP contribution in [0.1, 0.15) is 84.5 Å². The van der Waals surface area contributed by atoms with Gasteiger partial charge in [-0.15, -0.1) is 0 Å². The van der Waals surface area contributed by atoms with E-state index in [1.165, 1.54) is 44.9 Å². The van der Waals surface area contributed by atoms with Gasteiger partial charge in [-0.3, -0.25) is 0 Å². The molecule has 0 aliphatic rings. The minimum atomic E-state index is -0.586. The molecule has 0 amide bonds. The van der Waals surface area contributed by atoms with Crippen molar-refractivity contribution in [3.63, 3.8) is 0 Å². The highest BCUT2D eigenvalue weighted by atomic mass is 16.3. The van der Waals surface area contributed by atoms with Crippen LogP contribution in [0.5, 0.6) is 0 Å². The predicted molar refractivity (Wildman–Crippen MR) is 76.1 cm³/mol. The number of nitrogens with two attached hydrogens (primary N) is 1. The fourth-order valence-corrected chi connectivity index (χ4v) is 2.38. The SMILES string of the molecule is CCCCCCCCCCC(O)(CN)CCC. The second-order valence-corrected chi connectivity index (χ2v) is 5.40. The molecule has 0 spiro atoms. The third-order valence-electron chi connectivity index (χ3n) is 3.59. The summed E-state index contributed by atoms with van der Waals surface area (Å²) in [5, 5.41) is 10.2. The molecule has 0 rings (SSSR count). The minimum Gasteiger partial charge on any atom is -0.389 e. The number of aliphatic hydroxyl groups is 1. The highest BCUT2D eigenvalue weighted by Crippen LogP contribution is 2.20. The summed E-state index contributed by atoms with van der Waals surface area (Å²) in [5.74, 6) is 0. The Morgan fingerprint density at radius 2 is 1.29 bits per heavy atom. The van der Waals surface area contributed by atoms with E-state index in [2.05, 4.69) is 13.8 Å². The normalized spacial score (nSPS) is 14.8. The van der Waals surface area contributed by atoms with Crippen LogP contribution in [-0.4, -0.2) is 17.3 Å². The molecule has 0 aliphatic heterocycles. The van der Waals surface area contributed by atoms with Gasteiger partial charge in [0.1, 0.15) is 0 Å². The standard InChI is InChI=1S/C15H33NO/c1-3-5-6-7-8-9-10-11-13-15(17,14-16)12-4-2/h17H,3-14,16H2,1-2H3. The van der Waals surface area contributed by atoms with Crippen molar-refractivity contribution in [1.82, 2.24) is 0 Å². The van der Waals surface area contributed by atoms with Crippen LogP contribution in [0, 0.1) is 0 Å². The summed E-state index contributed by atoms with van der Waals surface area (Å²) in [4.78, 5) is 0. The van der Waals surface area contributed by atoms with Crippen LogP contribution in [0.4, 0.5) is 0 Å². The molecule has 17 heavy (non-hydrogen) atoms. The molecule has 0 saturated carbocycles. The van der Waals surface area contributed by atoms with Gasteiger partial charge in [-0.2, -0.15) is 0 Å². The molecule has 0 fully saturated rings. The molecule has 1 unspecified atom stereocenters. The summed E-state index contributed by atoms with van der Waals surface area (Å²) in [7, 11) is 0. The zero-order valence-corrected chi connectivity index (χ0v) is 12.0. The van der Waals surface area contributed by atoms with Gasteiger partial charge in [0, 0.05) is 6.54 Å². The molecular formula is C15H33NO. The first-order valence-electron chi connectivity index (χ1n) is 7.61. The lowest BCUT2D eigenvalue weighted by Gasteiger charge is -2.25. The topological polar surface area (TPSA) is 46.2 Å². The summed E-state index contributed by atoms with van der Waals surface area (Å²) in [5.41, 5.74) is 5.05. The van der Waals surface area contributed by atoms with Crippen LogP contribution in [0.15, 0.2) is 0 Å². The summed E-state index contributed by atoms with van der Waals surface area (Å²) in [6, 6.07) is 0. The fourth-order valence-electron chi connectivity index (χ4n) is 2.38. The maximum absolute atomic E-state index is 10.2. The van der Waals surface area contributed by atoms with Crippen molar-refractivity contribution in [3.8, 4) is 0 Å². The predicted octanol–water partition coefficient (Wildman–Crippen LogP) is 4.01. The van der Waals surface area contributed by atoms with Crippen LogP contribution in [0.25, 0.3) is 0 Å². The first kappa shape index (κ1) is 16.9. The second kappa shape index (κ2) is 11.0. The lowest BCUT2D eigenvalue weighted by molar-refractivity contribution is 0.0283. The van der Waals surface area contributed by atoms with E-state index in [1.54, 1.807) is 0 Å². The third-order valence-corrected chi connectivity index (χ3v) is 3.59. The Bertz CT molecular complexity index is 161. The smallest absolute Gasteiger partial charge is 0.0769 e. The highest BCUT2D eigenvalue weighted by Gasteiger charge is 2.22. The maximum Gasteiger partial charge on any atom is 0.0769 e. The van der Waals surface area contributed by atoms with Crippen molar-refractivity contribution in [2.45, 2.75) is 90.1 Å². The Hall–Kier alpha value is -0.0800. The summed E-state index contributed by atoms with van der Waals surface area (Å²) < 4.78 is 0. The number of unbranched alkanes of at least 4 members (excludes halogenated alkanes) is 7. The Morgan fingerprint density at radius 3 is 1.76 bits per heavy atom. The van der Waals surface area contributed by atoms with Crippen LogP contribution < -0.4 is 5.73 Å². The molecule has 0 heterocycles. The summed E-state index contributed by atoms with van der Waals surface area (Å²) in [6.07, 6.45) is 13.3. The molecule has 0 radical (unpaired) electrons. The average molecular weight is 243 g/mol. The van der Waals surface area contributed by atoms with E-state index in [4.69, 9.17) is 5.73 Å². The van der Waals surface area contributed by atoms with Crippen molar-refractivity contribution in [2.75, 3.05) is 6.54 Å². The molecule has 2 heteroatoms. The molecule has 104 valence electrons. The van der Waals surface area contributed by atoms with Gasteiger partial charge in [0.25, 0.3) is 0 Å². The lowest BCUT2D eigenvalue weighted by atomic mass is 9.91. The van der Waals surface area contributed by atoms with Crippen molar-refractivity contribution >= 4 is 0 Å². The van der Waals surface area contributed by atoms with Gasteiger partial charge in [0.05, 0.1) is 5.60 Å². The molecule has 0 aromatic heterocycles. The minimum absolute atomic E-state index is 0.414. The zero-order valence-electron chi connectivity index (χ0n) is 12.0. The van der Waals surface area contributed by atoms with Gasteiger partial charge in [0.2, 0.25) is 0 Å². The zero-order chi connectivity index (χ0) is 13.0. The van der Waals surface area contributed by atoms with Crippen LogP contribution in [-0.2, 0) is 0 Å². The summed E-state index contributed by atoms with van der Waals surface area (Å²) >= 11 is 0. The third kappa shape index (κ3) is 9.61.